The highest BCUT2D eigenvalue weighted by molar-refractivity contribution is 7.89. The zero-order valence-corrected chi connectivity index (χ0v) is 20.0. The van der Waals surface area contributed by atoms with Crippen molar-refractivity contribution in [1.82, 2.24) is 14.1 Å². The molecule has 0 radical (unpaired) electrons. The molecule has 2 aromatic carbocycles. The van der Waals surface area contributed by atoms with Crippen LogP contribution in [0.3, 0.4) is 0 Å². The van der Waals surface area contributed by atoms with E-state index in [-0.39, 0.29) is 22.4 Å². The van der Waals surface area contributed by atoms with Crippen LogP contribution in [0, 0.1) is 0 Å². The van der Waals surface area contributed by atoms with Crippen LogP contribution in [0.15, 0.2) is 53.4 Å². The maximum absolute atomic E-state index is 13.4. The number of carbonyl (C=O) groups is 1. The first-order valence-electron chi connectivity index (χ1n) is 11.3. The third-order valence-electron chi connectivity index (χ3n) is 6.55. The molecule has 0 bridgehead atoms. The zero-order valence-electron chi connectivity index (χ0n) is 18.4. The number of carbonyl (C=O) groups excluding carboxylic acids is 1. The van der Waals surface area contributed by atoms with Gasteiger partial charge in [-0.1, -0.05) is 48.4 Å². The van der Waals surface area contributed by atoms with Gasteiger partial charge in [0.25, 0.3) is 5.91 Å². The number of halogens is 1. The normalized spacial score (nSPS) is 19.6. The summed E-state index contributed by atoms with van der Waals surface area (Å²) in [6, 6.07) is 14.6. The Morgan fingerprint density at radius 2 is 1.50 bits per heavy atom. The van der Waals surface area contributed by atoms with Gasteiger partial charge in [-0.2, -0.15) is 4.31 Å². The Morgan fingerprint density at radius 1 is 0.875 bits per heavy atom. The number of piperidine rings is 1. The Bertz CT molecular complexity index is 1060. The lowest BCUT2D eigenvalue weighted by Gasteiger charge is -2.38. The Morgan fingerprint density at radius 3 is 2.19 bits per heavy atom. The fourth-order valence-corrected chi connectivity index (χ4v) is 6.60. The van der Waals surface area contributed by atoms with E-state index in [0.29, 0.717) is 39.3 Å². The van der Waals surface area contributed by atoms with Gasteiger partial charge in [-0.25, -0.2) is 8.42 Å². The maximum atomic E-state index is 13.4. The van der Waals surface area contributed by atoms with Crippen LogP contribution < -0.4 is 0 Å². The molecule has 2 fully saturated rings. The highest BCUT2D eigenvalue weighted by Gasteiger charge is 2.32. The summed E-state index contributed by atoms with van der Waals surface area (Å²) in [6.45, 7) is 5.67. The Kier molecular flexibility index (Phi) is 7.20. The standard InChI is InChI=1S/C24H30ClN3O3S/c1-19(20-9-3-5-11-22(20)25)26-15-17-27(18-16-26)24(29)21-10-4-6-12-23(21)32(30,31)28-13-7-2-8-14-28/h3-6,9-12,19H,2,7-8,13-18H2,1H3. The van der Waals surface area contributed by atoms with Crippen molar-refractivity contribution in [3.8, 4) is 0 Å². The minimum Gasteiger partial charge on any atom is -0.336 e. The number of amides is 1. The van der Waals surface area contributed by atoms with E-state index < -0.39 is 10.0 Å². The summed E-state index contributed by atoms with van der Waals surface area (Å²) < 4.78 is 28.0. The first-order valence-corrected chi connectivity index (χ1v) is 13.1. The molecule has 6 nitrogen and oxygen atoms in total. The van der Waals surface area contributed by atoms with Gasteiger partial charge in [0.15, 0.2) is 0 Å². The van der Waals surface area contributed by atoms with Crippen molar-refractivity contribution in [3.05, 3.63) is 64.7 Å². The van der Waals surface area contributed by atoms with Crippen molar-refractivity contribution in [1.29, 1.82) is 0 Å². The van der Waals surface area contributed by atoms with Gasteiger partial charge in [0.1, 0.15) is 0 Å². The van der Waals surface area contributed by atoms with E-state index in [1.165, 1.54) is 4.31 Å². The number of hydrogen-bond acceptors (Lipinski definition) is 4. The number of sulfonamides is 1. The molecule has 2 aromatic rings. The van der Waals surface area contributed by atoms with Crippen LogP contribution in [0.1, 0.15) is 48.1 Å². The lowest BCUT2D eigenvalue weighted by molar-refractivity contribution is 0.0578. The molecular formula is C24H30ClN3O3S. The second kappa shape index (κ2) is 9.91. The lowest BCUT2D eigenvalue weighted by atomic mass is 10.1. The molecular weight excluding hydrogens is 446 g/mol. The van der Waals surface area contributed by atoms with Gasteiger partial charge >= 0.3 is 0 Å². The van der Waals surface area contributed by atoms with E-state index in [1.807, 2.05) is 24.3 Å². The largest absolute Gasteiger partial charge is 0.336 e. The number of benzene rings is 2. The van der Waals surface area contributed by atoms with Gasteiger partial charge in [-0.3, -0.25) is 9.69 Å². The lowest BCUT2D eigenvalue weighted by Crippen LogP contribution is -2.49. The summed E-state index contributed by atoms with van der Waals surface area (Å²) in [6.07, 6.45) is 2.77. The molecule has 32 heavy (non-hydrogen) atoms. The van der Waals surface area contributed by atoms with Crippen molar-refractivity contribution >= 4 is 27.5 Å². The Balaban J connectivity index is 1.48. The monoisotopic (exact) mass is 475 g/mol. The first kappa shape index (κ1) is 23.2. The van der Waals surface area contributed by atoms with Gasteiger partial charge in [0.2, 0.25) is 10.0 Å². The predicted molar refractivity (Wildman–Crippen MR) is 126 cm³/mol. The van der Waals surface area contributed by atoms with Gasteiger partial charge in [-0.05, 0) is 43.5 Å². The molecule has 0 spiro atoms. The van der Waals surface area contributed by atoms with E-state index in [0.717, 1.165) is 29.8 Å². The average molecular weight is 476 g/mol. The molecule has 2 heterocycles. The van der Waals surface area contributed by atoms with Crippen molar-refractivity contribution in [3.63, 3.8) is 0 Å². The molecule has 0 N–H and O–H groups in total. The van der Waals surface area contributed by atoms with E-state index in [4.69, 9.17) is 11.6 Å². The minimum absolute atomic E-state index is 0.124. The molecule has 1 unspecified atom stereocenters. The second-order valence-electron chi connectivity index (χ2n) is 8.49. The van der Waals surface area contributed by atoms with Gasteiger partial charge in [0, 0.05) is 50.3 Å². The quantitative estimate of drug-likeness (QED) is 0.655. The summed E-state index contributed by atoms with van der Waals surface area (Å²) in [5.41, 5.74) is 1.34. The fourth-order valence-electron chi connectivity index (χ4n) is 4.61. The average Bonchev–Trinajstić information content (AvgIpc) is 2.84. The van der Waals surface area contributed by atoms with Crippen molar-refractivity contribution in [2.24, 2.45) is 0 Å². The van der Waals surface area contributed by atoms with Crippen LogP contribution in [0.5, 0.6) is 0 Å². The summed E-state index contributed by atoms with van der Waals surface area (Å²) in [4.78, 5) is 17.5. The number of rotatable bonds is 5. The summed E-state index contributed by atoms with van der Waals surface area (Å²) in [5.74, 6) is -0.216. The van der Waals surface area contributed by atoms with Crippen molar-refractivity contribution in [2.75, 3.05) is 39.3 Å². The highest BCUT2D eigenvalue weighted by atomic mass is 35.5. The maximum Gasteiger partial charge on any atom is 0.255 e. The zero-order chi connectivity index (χ0) is 22.7. The van der Waals surface area contributed by atoms with E-state index in [2.05, 4.69) is 11.8 Å². The predicted octanol–water partition coefficient (Wildman–Crippen LogP) is 4.03. The first-order chi connectivity index (χ1) is 15.4. The summed E-state index contributed by atoms with van der Waals surface area (Å²) >= 11 is 6.37. The summed E-state index contributed by atoms with van der Waals surface area (Å²) in [7, 11) is -3.68. The van der Waals surface area contributed by atoms with E-state index >= 15 is 0 Å². The topological polar surface area (TPSA) is 60.9 Å². The number of nitrogens with zero attached hydrogens (tertiary/aromatic N) is 3. The molecule has 0 aromatic heterocycles. The highest BCUT2D eigenvalue weighted by Crippen LogP contribution is 2.29. The van der Waals surface area contributed by atoms with Crippen molar-refractivity contribution in [2.45, 2.75) is 37.1 Å². The van der Waals surface area contributed by atoms with Crippen LogP contribution in [-0.2, 0) is 10.0 Å². The Hall–Kier alpha value is -1.93. The molecule has 2 aliphatic rings. The SMILES string of the molecule is CC(c1ccccc1Cl)N1CCN(C(=O)c2ccccc2S(=O)(=O)N2CCCCC2)CC1. The molecule has 4 rings (SSSR count). The number of piperazine rings is 1. The number of hydrogen-bond donors (Lipinski definition) is 0. The second-order valence-corrected chi connectivity index (χ2v) is 10.8. The molecule has 1 amide bonds. The van der Waals surface area contributed by atoms with Crippen molar-refractivity contribution < 1.29 is 13.2 Å². The third-order valence-corrected chi connectivity index (χ3v) is 8.86. The van der Waals surface area contributed by atoms with Crippen LogP contribution in [-0.4, -0.2) is 67.7 Å². The van der Waals surface area contributed by atoms with Crippen LogP contribution in [0.4, 0.5) is 0 Å². The third kappa shape index (κ3) is 4.71. The molecule has 0 aliphatic carbocycles. The molecule has 172 valence electrons. The van der Waals surface area contributed by atoms with E-state index in [9.17, 15) is 13.2 Å². The van der Waals surface area contributed by atoms with Crippen LogP contribution in [0.25, 0.3) is 0 Å². The smallest absolute Gasteiger partial charge is 0.255 e. The molecule has 8 heteroatoms. The minimum atomic E-state index is -3.68. The van der Waals surface area contributed by atoms with Gasteiger partial charge < -0.3 is 4.90 Å². The summed E-state index contributed by atoms with van der Waals surface area (Å²) in [5, 5.41) is 0.746. The molecule has 0 saturated carbocycles. The van der Waals surface area contributed by atoms with Gasteiger partial charge in [-0.15, -0.1) is 0 Å². The fraction of sp³-hybridized carbons (Fsp3) is 0.458. The van der Waals surface area contributed by atoms with Crippen LogP contribution in [0.2, 0.25) is 5.02 Å². The van der Waals surface area contributed by atoms with E-state index in [1.54, 1.807) is 29.2 Å². The van der Waals surface area contributed by atoms with Gasteiger partial charge in [0.05, 0.1) is 10.5 Å². The molecule has 1 atom stereocenters. The van der Waals surface area contributed by atoms with Crippen LogP contribution >= 0.6 is 11.6 Å². The Labute approximate surface area is 195 Å². The molecule has 2 saturated heterocycles. The molecule has 2 aliphatic heterocycles.